The number of thioether (sulfide) groups is 1. The van der Waals surface area contributed by atoms with Crippen LogP contribution in [0.4, 0.5) is 5.69 Å². The van der Waals surface area contributed by atoms with Crippen LogP contribution in [0.3, 0.4) is 0 Å². The third kappa shape index (κ3) is 4.25. The van der Waals surface area contributed by atoms with E-state index in [2.05, 4.69) is 22.9 Å². The fourth-order valence-corrected chi connectivity index (χ4v) is 6.00. The van der Waals surface area contributed by atoms with E-state index in [1.54, 1.807) is 12.1 Å². The molecule has 0 saturated carbocycles. The monoisotopic (exact) mass is 446 g/mol. The quantitative estimate of drug-likeness (QED) is 0.655. The van der Waals surface area contributed by atoms with Crippen LogP contribution in [0.25, 0.3) is 0 Å². The van der Waals surface area contributed by atoms with Crippen LogP contribution in [0.1, 0.15) is 12.5 Å². The van der Waals surface area contributed by atoms with E-state index in [0.29, 0.717) is 18.1 Å². The molecule has 0 bridgehead atoms. The number of amides is 1. The van der Waals surface area contributed by atoms with Gasteiger partial charge in [-0.05, 0) is 44.2 Å². The zero-order chi connectivity index (χ0) is 21.3. The molecule has 0 spiro atoms. The number of carbonyl (C=O) groups excluding carboxylic acids is 1. The largest absolute Gasteiger partial charge is 0.308 e. The Morgan fingerprint density at radius 3 is 2.57 bits per heavy atom. The summed E-state index contributed by atoms with van der Waals surface area (Å²) < 4.78 is 27.1. The van der Waals surface area contributed by atoms with Gasteiger partial charge in [0.1, 0.15) is 4.90 Å². The molecule has 1 unspecified atom stereocenters. The molecule has 0 radical (unpaired) electrons. The molecule has 1 aromatic carbocycles. The number of aromatic nitrogens is 1. The average molecular weight is 447 g/mol. The molecule has 3 heterocycles. The van der Waals surface area contributed by atoms with Gasteiger partial charge in [0.05, 0.1) is 10.8 Å². The van der Waals surface area contributed by atoms with Crippen LogP contribution in [-0.2, 0) is 21.2 Å². The summed E-state index contributed by atoms with van der Waals surface area (Å²) in [5, 5.41) is 0.640. The van der Waals surface area contributed by atoms with Crippen molar-refractivity contribution in [2.24, 2.45) is 0 Å². The molecule has 2 aromatic rings. The molecule has 2 aliphatic rings. The summed E-state index contributed by atoms with van der Waals surface area (Å²) in [5.41, 5.74) is 2.18. The molecule has 160 valence electrons. The Labute approximate surface area is 182 Å². The predicted octanol–water partition coefficient (Wildman–Crippen LogP) is 2.09. The normalized spacial score (nSPS) is 20.3. The van der Waals surface area contributed by atoms with E-state index >= 15 is 0 Å². The molecule has 1 saturated heterocycles. The van der Waals surface area contributed by atoms with Gasteiger partial charge in [-0.25, -0.2) is 13.4 Å². The number of fused-ring (bicyclic) bond motifs is 1. The molecular weight excluding hydrogens is 420 g/mol. The lowest BCUT2D eigenvalue weighted by Gasteiger charge is -2.31. The number of carbonyl (C=O) groups is 1. The Bertz CT molecular complexity index is 1020. The number of piperazine rings is 1. The van der Waals surface area contributed by atoms with E-state index in [9.17, 15) is 13.2 Å². The van der Waals surface area contributed by atoms with Crippen LogP contribution >= 0.6 is 11.8 Å². The van der Waals surface area contributed by atoms with Gasteiger partial charge in [0.15, 0.2) is 0 Å². The molecule has 1 aromatic heterocycles. The third-order valence-electron chi connectivity index (χ3n) is 5.63. The van der Waals surface area contributed by atoms with Crippen LogP contribution in [0, 0.1) is 0 Å². The van der Waals surface area contributed by atoms with Crippen LogP contribution < -0.4 is 4.90 Å². The molecular formula is C21H26N4O3S2. The van der Waals surface area contributed by atoms with Crippen LogP contribution in [0.2, 0.25) is 0 Å². The maximum Gasteiger partial charge on any atom is 0.244 e. The van der Waals surface area contributed by atoms with E-state index in [0.717, 1.165) is 25.2 Å². The van der Waals surface area contributed by atoms with Gasteiger partial charge in [-0.15, -0.1) is 0 Å². The van der Waals surface area contributed by atoms with Crippen molar-refractivity contribution in [3.63, 3.8) is 0 Å². The molecule has 1 amide bonds. The number of anilines is 1. The number of para-hydroxylation sites is 1. The van der Waals surface area contributed by atoms with Crippen molar-refractivity contribution in [3.05, 3.63) is 48.2 Å². The Morgan fingerprint density at radius 2 is 1.87 bits per heavy atom. The number of nitrogens with zero attached hydrogens (tertiary/aromatic N) is 4. The van der Waals surface area contributed by atoms with Crippen molar-refractivity contribution in [1.29, 1.82) is 0 Å². The van der Waals surface area contributed by atoms with Crippen LogP contribution in [0.5, 0.6) is 0 Å². The number of rotatable bonds is 5. The second-order valence-corrected chi connectivity index (χ2v) is 10.7. The Kier molecular flexibility index (Phi) is 6.15. The smallest absolute Gasteiger partial charge is 0.244 e. The molecule has 30 heavy (non-hydrogen) atoms. The van der Waals surface area contributed by atoms with Crippen LogP contribution in [-0.4, -0.2) is 73.5 Å². The van der Waals surface area contributed by atoms with Gasteiger partial charge in [0.2, 0.25) is 15.9 Å². The average Bonchev–Trinajstić information content (AvgIpc) is 3.08. The summed E-state index contributed by atoms with van der Waals surface area (Å²) in [6, 6.07) is 11.4. The molecule has 0 N–H and O–H groups in total. The molecule has 0 aliphatic carbocycles. The highest BCUT2D eigenvalue weighted by Crippen LogP contribution is 2.32. The highest BCUT2D eigenvalue weighted by Gasteiger charge is 2.31. The third-order valence-corrected chi connectivity index (χ3v) is 8.44. The van der Waals surface area contributed by atoms with Gasteiger partial charge in [-0.1, -0.05) is 30.0 Å². The van der Waals surface area contributed by atoms with Gasteiger partial charge in [0, 0.05) is 44.1 Å². The lowest BCUT2D eigenvalue weighted by atomic mass is 10.1. The number of hydrogen-bond donors (Lipinski definition) is 0. The maximum absolute atomic E-state index is 12.8. The molecule has 1 fully saturated rings. The predicted molar refractivity (Wildman–Crippen MR) is 118 cm³/mol. The summed E-state index contributed by atoms with van der Waals surface area (Å²) in [4.78, 5) is 21.3. The number of likely N-dealkylation sites (N-methyl/N-ethyl adjacent to an activating group) is 1. The molecule has 1 atom stereocenters. The summed E-state index contributed by atoms with van der Waals surface area (Å²) >= 11 is 1.33. The van der Waals surface area contributed by atoms with E-state index in [4.69, 9.17) is 0 Å². The van der Waals surface area contributed by atoms with Crippen molar-refractivity contribution in [2.45, 2.75) is 29.3 Å². The standard InChI is InChI=1S/C21H26N4O3S2/c1-16-13-17-5-3-4-6-19(17)25(16)21(26)15-29-20-8-7-18(14-22-20)30(27,28)24-11-9-23(2)10-12-24/h3-8,14,16H,9-13,15H2,1-2H3. The lowest BCUT2D eigenvalue weighted by molar-refractivity contribution is -0.116. The van der Waals surface area contributed by atoms with Gasteiger partial charge in [0.25, 0.3) is 0 Å². The zero-order valence-electron chi connectivity index (χ0n) is 17.2. The summed E-state index contributed by atoms with van der Waals surface area (Å²) in [7, 11) is -1.54. The van der Waals surface area contributed by atoms with E-state index < -0.39 is 10.0 Å². The van der Waals surface area contributed by atoms with Crippen molar-refractivity contribution >= 4 is 33.4 Å². The summed E-state index contributed by atoms with van der Waals surface area (Å²) in [6.45, 7) is 4.47. The molecule has 7 nitrogen and oxygen atoms in total. The Morgan fingerprint density at radius 1 is 1.13 bits per heavy atom. The van der Waals surface area contributed by atoms with E-state index in [-0.39, 0.29) is 22.6 Å². The minimum absolute atomic E-state index is 0.0355. The first kappa shape index (κ1) is 21.3. The first-order valence-corrected chi connectivity index (χ1v) is 12.5. The first-order valence-electron chi connectivity index (χ1n) is 10.0. The topological polar surface area (TPSA) is 73.8 Å². The highest BCUT2D eigenvalue weighted by molar-refractivity contribution is 7.99. The van der Waals surface area contributed by atoms with E-state index in [1.165, 1.54) is 27.8 Å². The van der Waals surface area contributed by atoms with Gasteiger partial charge in [-0.3, -0.25) is 4.79 Å². The fraction of sp³-hybridized carbons (Fsp3) is 0.429. The number of benzene rings is 1. The number of pyridine rings is 1. The first-order chi connectivity index (χ1) is 14.4. The lowest BCUT2D eigenvalue weighted by Crippen LogP contribution is -2.47. The van der Waals surface area contributed by atoms with Crippen molar-refractivity contribution < 1.29 is 13.2 Å². The molecule has 2 aliphatic heterocycles. The minimum atomic E-state index is -3.53. The fourth-order valence-electron chi connectivity index (χ4n) is 3.93. The maximum atomic E-state index is 12.8. The van der Waals surface area contributed by atoms with Crippen LogP contribution in [0.15, 0.2) is 52.5 Å². The highest BCUT2D eigenvalue weighted by atomic mass is 32.2. The SMILES string of the molecule is CC1Cc2ccccc2N1C(=O)CSc1ccc(S(=O)(=O)N2CCN(C)CC2)cn1. The Hall–Kier alpha value is -1.94. The second-order valence-electron chi connectivity index (χ2n) is 7.77. The number of hydrogen-bond acceptors (Lipinski definition) is 6. The minimum Gasteiger partial charge on any atom is -0.308 e. The van der Waals surface area contributed by atoms with Gasteiger partial charge >= 0.3 is 0 Å². The molecule has 4 rings (SSSR count). The molecule has 9 heteroatoms. The zero-order valence-corrected chi connectivity index (χ0v) is 18.8. The summed E-state index contributed by atoms with van der Waals surface area (Å²) in [6.07, 6.45) is 2.26. The van der Waals surface area contributed by atoms with Crippen molar-refractivity contribution in [3.8, 4) is 0 Å². The van der Waals surface area contributed by atoms with Crippen molar-refractivity contribution in [1.82, 2.24) is 14.2 Å². The number of sulfonamides is 1. The summed E-state index contributed by atoms with van der Waals surface area (Å²) in [5.74, 6) is 0.296. The van der Waals surface area contributed by atoms with Gasteiger partial charge in [-0.2, -0.15) is 4.31 Å². The van der Waals surface area contributed by atoms with Crippen molar-refractivity contribution in [2.75, 3.05) is 43.9 Å². The van der Waals surface area contributed by atoms with Gasteiger partial charge < -0.3 is 9.80 Å². The Balaban J connectivity index is 1.39. The van der Waals surface area contributed by atoms with E-state index in [1.807, 2.05) is 30.1 Å². The second kappa shape index (κ2) is 8.66.